The molecule has 2 rings (SSSR count). The summed E-state index contributed by atoms with van der Waals surface area (Å²) in [7, 11) is 0. The third-order valence-electron chi connectivity index (χ3n) is 3.05. The number of nitrogens with zero attached hydrogens (tertiary/aromatic N) is 3. The van der Waals surface area contributed by atoms with Crippen molar-refractivity contribution in [2.75, 3.05) is 13.1 Å². The lowest BCUT2D eigenvalue weighted by atomic mass is 10.0. The standard InChI is InChI=1S/C11H17N3.C2H6/c1-9-6-14(7-10(9)2)8-11-12-4-3-5-13-11;1-2/h3-5,9-10H,6-8H2,1-2H3;1-2H3/t9-,10-;/m1./s1. The maximum absolute atomic E-state index is 4.24. The molecule has 1 aromatic heterocycles. The summed E-state index contributed by atoms with van der Waals surface area (Å²) in [6.45, 7) is 11.9. The molecule has 2 heterocycles. The molecule has 0 saturated carbocycles. The molecule has 2 atom stereocenters. The van der Waals surface area contributed by atoms with E-state index < -0.39 is 0 Å². The summed E-state index contributed by atoms with van der Waals surface area (Å²) in [5, 5.41) is 0. The first-order valence-electron chi connectivity index (χ1n) is 6.24. The largest absolute Gasteiger partial charge is 0.295 e. The quantitative estimate of drug-likeness (QED) is 0.768. The minimum Gasteiger partial charge on any atom is -0.295 e. The van der Waals surface area contributed by atoms with E-state index in [0.717, 1.165) is 24.2 Å². The Morgan fingerprint density at radius 1 is 1.12 bits per heavy atom. The van der Waals surface area contributed by atoms with E-state index >= 15 is 0 Å². The first-order chi connectivity index (χ1) is 7.75. The van der Waals surface area contributed by atoms with Gasteiger partial charge < -0.3 is 0 Å². The van der Waals surface area contributed by atoms with Crippen molar-refractivity contribution in [1.82, 2.24) is 14.9 Å². The van der Waals surface area contributed by atoms with Gasteiger partial charge in [0.15, 0.2) is 0 Å². The van der Waals surface area contributed by atoms with Gasteiger partial charge in [0.1, 0.15) is 5.82 Å². The number of likely N-dealkylation sites (tertiary alicyclic amines) is 1. The zero-order valence-electron chi connectivity index (χ0n) is 10.8. The molecule has 0 bridgehead atoms. The van der Waals surface area contributed by atoms with Crippen LogP contribution >= 0.6 is 0 Å². The van der Waals surface area contributed by atoms with Gasteiger partial charge in [-0.25, -0.2) is 9.97 Å². The van der Waals surface area contributed by atoms with Gasteiger partial charge in [0.2, 0.25) is 0 Å². The third-order valence-corrected chi connectivity index (χ3v) is 3.05. The summed E-state index contributed by atoms with van der Waals surface area (Å²) < 4.78 is 0. The van der Waals surface area contributed by atoms with E-state index in [1.165, 1.54) is 13.1 Å². The van der Waals surface area contributed by atoms with Gasteiger partial charge in [-0.15, -0.1) is 0 Å². The van der Waals surface area contributed by atoms with Gasteiger partial charge in [-0.05, 0) is 17.9 Å². The van der Waals surface area contributed by atoms with Gasteiger partial charge in [-0.1, -0.05) is 27.7 Å². The molecule has 1 aromatic rings. The summed E-state index contributed by atoms with van der Waals surface area (Å²) in [6.07, 6.45) is 3.62. The first kappa shape index (κ1) is 13.1. The molecule has 1 fully saturated rings. The molecule has 1 aliphatic rings. The second-order valence-electron chi connectivity index (χ2n) is 4.31. The molecule has 90 valence electrons. The second-order valence-corrected chi connectivity index (χ2v) is 4.31. The first-order valence-corrected chi connectivity index (χ1v) is 6.24. The van der Waals surface area contributed by atoms with Crippen LogP contribution in [0.5, 0.6) is 0 Å². The highest BCUT2D eigenvalue weighted by molar-refractivity contribution is 4.90. The van der Waals surface area contributed by atoms with Crippen molar-refractivity contribution >= 4 is 0 Å². The van der Waals surface area contributed by atoms with Crippen LogP contribution in [0.15, 0.2) is 18.5 Å². The van der Waals surface area contributed by atoms with Gasteiger partial charge in [-0.2, -0.15) is 0 Å². The van der Waals surface area contributed by atoms with Gasteiger partial charge in [0, 0.05) is 25.5 Å². The lowest BCUT2D eigenvalue weighted by Crippen LogP contribution is -2.21. The van der Waals surface area contributed by atoms with Crippen LogP contribution in [-0.4, -0.2) is 28.0 Å². The Morgan fingerprint density at radius 3 is 2.12 bits per heavy atom. The Bertz CT molecular complexity index is 276. The fourth-order valence-electron chi connectivity index (χ4n) is 1.99. The predicted octanol–water partition coefficient (Wildman–Crippen LogP) is 2.59. The second kappa shape index (κ2) is 6.59. The van der Waals surface area contributed by atoms with Crippen LogP contribution in [0.3, 0.4) is 0 Å². The van der Waals surface area contributed by atoms with Gasteiger partial charge in [-0.3, -0.25) is 4.90 Å². The zero-order chi connectivity index (χ0) is 12.0. The van der Waals surface area contributed by atoms with E-state index in [1.54, 1.807) is 0 Å². The number of hydrogen-bond acceptors (Lipinski definition) is 3. The molecule has 16 heavy (non-hydrogen) atoms. The smallest absolute Gasteiger partial charge is 0.142 e. The summed E-state index contributed by atoms with van der Waals surface area (Å²) in [5.41, 5.74) is 0. The van der Waals surface area contributed by atoms with E-state index in [4.69, 9.17) is 0 Å². The highest BCUT2D eigenvalue weighted by atomic mass is 15.2. The summed E-state index contributed by atoms with van der Waals surface area (Å²) >= 11 is 0. The Balaban J connectivity index is 0.000000606. The van der Waals surface area contributed by atoms with E-state index in [0.29, 0.717) is 0 Å². The monoisotopic (exact) mass is 221 g/mol. The molecule has 0 spiro atoms. The predicted molar refractivity (Wildman–Crippen MR) is 67.0 cm³/mol. The van der Waals surface area contributed by atoms with E-state index in [-0.39, 0.29) is 0 Å². The normalized spacial score (nSPS) is 25.0. The molecule has 0 aromatic carbocycles. The molecule has 0 aliphatic carbocycles. The minimum absolute atomic E-state index is 0.804. The van der Waals surface area contributed by atoms with E-state index in [2.05, 4.69) is 28.7 Å². The maximum Gasteiger partial charge on any atom is 0.142 e. The number of hydrogen-bond donors (Lipinski definition) is 0. The molecular weight excluding hydrogens is 198 g/mol. The van der Waals surface area contributed by atoms with Gasteiger partial charge in [0.25, 0.3) is 0 Å². The Morgan fingerprint density at radius 2 is 1.62 bits per heavy atom. The van der Waals surface area contributed by atoms with E-state index in [1.807, 2.05) is 32.3 Å². The van der Waals surface area contributed by atoms with Crippen molar-refractivity contribution in [3.63, 3.8) is 0 Å². The SMILES string of the molecule is CC.C[C@@H]1CN(Cc2ncccn2)C[C@H]1C. The lowest BCUT2D eigenvalue weighted by molar-refractivity contribution is 0.308. The highest BCUT2D eigenvalue weighted by Gasteiger charge is 2.26. The van der Waals surface area contributed by atoms with Crippen molar-refractivity contribution in [3.8, 4) is 0 Å². The fraction of sp³-hybridized carbons (Fsp3) is 0.692. The molecule has 3 heteroatoms. The summed E-state index contributed by atoms with van der Waals surface area (Å²) in [6, 6.07) is 1.86. The fourth-order valence-corrected chi connectivity index (χ4v) is 1.99. The molecule has 1 saturated heterocycles. The van der Waals surface area contributed by atoms with Crippen LogP contribution in [0, 0.1) is 11.8 Å². The van der Waals surface area contributed by atoms with Gasteiger partial charge >= 0.3 is 0 Å². The number of rotatable bonds is 2. The van der Waals surface area contributed by atoms with Crippen LogP contribution in [0.25, 0.3) is 0 Å². The average Bonchev–Trinajstić information content (AvgIpc) is 2.62. The van der Waals surface area contributed by atoms with Crippen LogP contribution in [0.4, 0.5) is 0 Å². The van der Waals surface area contributed by atoms with Crippen LogP contribution in [0.2, 0.25) is 0 Å². The van der Waals surface area contributed by atoms with Crippen LogP contribution in [-0.2, 0) is 6.54 Å². The summed E-state index contributed by atoms with van der Waals surface area (Å²) in [4.78, 5) is 10.9. The molecule has 0 unspecified atom stereocenters. The van der Waals surface area contributed by atoms with Crippen molar-refractivity contribution in [3.05, 3.63) is 24.3 Å². The molecule has 0 radical (unpaired) electrons. The van der Waals surface area contributed by atoms with E-state index in [9.17, 15) is 0 Å². The Kier molecular flexibility index (Phi) is 5.39. The van der Waals surface area contributed by atoms with Crippen molar-refractivity contribution in [2.45, 2.75) is 34.2 Å². The number of aromatic nitrogens is 2. The minimum atomic E-state index is 0.804. The van der Waals surface area contributed by atoms with Crippen molar-refractivity contribution < 1.29 is 0 Å². The highest BCUT2D eigenvalue weighted by Crippen LogP contribution is 2.22. The Labute approximate surface area is 98.9 Å². The van der Waals surface area contributed by atoms with Crippen molar-refractivity contribution in [1.29, 1.82) is 0 Å². The van der Waals surface area contributed by atoms with Gasteiger partial charge in [0.05, 0.1) is 6.54 Å². The lowest BCUT2D eigenvalue weighted by Gasteiger charge is -2.13. The van der Waals surface area contributed by atoms with Crippen LogP contribution < -0.4 is 0 Å². The third kappa shape index (κ3) is 3.56. The summed E-state index contributed by atoms with van der Waals surface area (Å²) in [5.74, 6) is 2.55. The topological polar surface area (TPSA) is 29.0 Å². The average molecular weight is 221 g/mol. The molecule has 1 aliphatic heterocycles. The maximum atomic E-state index is 4.24. The molecular formula is C13H23N3. The Hall–Kier alpha value is -0.960. The van der Waals surface area contributed by atoms with Crippen molar-refractivity contribution in [2.24, 2.45) is 11.8 Å². The zero-order valence-corrected chi connectivity index (χ0v) is 10.8. The molecule has 0 N–H and O–H groups in total. The molecule has 0 amide bonds. The van der Waals surface area contributed by atoms with Crippen LogP contribution in [0.1, 0.15) is 33.5 Å². The molecule has 3 nitrogen and oxygen atoms in total.